The summed E-state index contributed by atoms with van der Waals surface area (Å²) in [5, 5.41) is 7.34. The van der Waals surface area contributed by atoms with Gasteiger partial charge in [0.1, 0.15) is 0 Å². The highest BCUT2D eigenvalue weighted by molar-refractivity contribution is 4.95. The third kappa shape index (κ3) is 2.84. The standard InChI is InChI=1S/C12H22N4O/c1-10-14-11(15-17-10)8-13-9-12(16(2)3)6-4-5-7-12/h13H,4-9H2,1-3H3. The highest BCUT2D eigenvalue weighted by Gasteiger charge is 2.35. The molecule has 1 N–H and O–H groups in total. The molecule has 0 amide bonds. The first-order chi connectivity index (χ1) is 8.12. The van der Waals surface area contributed by atoms with E-state index in [0.29, 0.717) is 18.0 Å². The Labute approximate surface area is 103 Å². The highest BCUT2D eigenvalue weighted by Crippen LogP contribution is 2.33. The van der Waals surface area contributed by atoms with E-state index in [2.05, 4.69) is 34.5 Å². The molecule has 1 aliphatic rings. The van der Waals surface area contributed by atoms with Crippen molar-refractivity contribution in [3.05, 3.63) is 11.7 Å². The molecule has 0 aliphatic heterocycles. The van der Waals surface area contributed by atoms with E-state index in [4.69, 9.17) is 4.52 Å². The van der Waals surface area contributed by atoms with Crippen LogP contribution in [0.3, 0.4) is 0 Å². The van der Waals surface area contributed by atoms with Crippen LogP contribution in [0.25, 0.3) is 0 Å². The second kappa shape index (κ2) is 5.14. The zero-order valence-corrected chi connectivity index (χ0v) is 11.0. The lowest BCUT2D eigenvalue weighted by Crippen LogP contribution is -2.49. The molecule has 0 aromatic carbocycles. The van der Waals surface area contributed by atoms with E-state index in [9.17, 15) is 0 Å². The van der Waals surface area contributed by atoms with Gasteiger partial charge in [-0.05, 0) is 26.9 Å². The minimum atomic E-state index is 0.318. The molecule has 0 radical (unpaired) electrons. The summed E-state index contributed by atoms with van der Waals surface area (Å²) in [5.74, 6) is 1.37. The molecule has 0 spiro atoms. The van der Waals surface area contributed by atoms with Crippen molar-refractivity contribution >= 4 is 0 Å². The van der Waals surface area contributed by atoms with E-state index in [-0.39, 0.29) is 0 Å². The van der Waals surface area contributed by atoms with Crippen LogP contribution in [0.4, 0.5) is 0 Å². The zero-order chi connectivity index (χ0) is 12.3. The molecule has 1 heterocycles. The van der Waals surface area contributed by atoms with Gasteiger partial charge < -0.3 is 14.7 Å². The first kappa shape index (κ1) is 12.5. The third-order valence-electron chi connectivity index (χ3n) is 3.79. The number of nitrogens with one attached hydrogen (secondary N) is 1. The van der Waals surface area contributed by atoms with Crippen LogP contribution < -0.4 is 5.32 Å². The summed E-state index contributed by atoms with van der Waals surface area (Å²) in [6, 6.07) is 0. The predicted octanol–water partition coefficient (Wildman–Crippen LogP) is 1.34. The van der Waals surface area contributed by atoms with Crippen molar-refractivity contribution in [1.82, 2.24) is 20.4 Å². The maximum absolute atomic E-state index is 4.95. The number of hydrogen-bond donors (Lipinski definition) is 1. The molecule has 0 bridgehead atoms. The van der Waals surface area contributed by atoms with Gasteiger partial charge in [0.25, 0.3) is 0 Å². The number of aromatic nitrogens is 2. The second-order valence-corrected chi connectivity index (χ2v) is 5.16. The molecule has 1 aromatic rings. The summed E-state index contributed by atoms with van der Waals surface area (Å²) in [7, 11) is 4.34. The van der Waals surface area contributed by atoms with Crippen LogP contribution >= 0.6 is 0 Å². The Balaban J connectivity index is 1.84. The van der Waals surface area contributed by atoms with Crippen LogP contribution in [-0.4, -0.2) is 41.2 Å². The third-order valence-corrected chi connectivity index (χ3v) is 3.79. The van der Waals surface area contributed by atoms with Crippen molar-refractivity contribution in [2.24, 2.45) is 0 Å². The van der Waals surface area contributed by atoms with Gasteiger partial charge in [0.2, 0.25) is 5.89 Å². The predicted molar refractivity (Wildman–Crippen MR) is 65.6 cm³/mol. The quantitative estimate of drug-likeness (QED) is 0.839. The average molecular weight is 238 g/mol. The Hall–Kier alpha value is -0.940. The Kier molecular flexibility index (Phi) is 3.79. The summed E-state index contributed by atoms with van der Waals surface area (Å²) in [6.45, 7) is 3.50. The molecule has 2 rings (SSSR count). The molecule has 5 nitrogen and oxygen atoms in total. The van der Waals surface area contributed by atoms with Crippen LogP contribution in [-0.2, 0) is 6.54 Å². The van der Waals surface area contributed by atoms with Crippen molar-refractivity contribution in [3.63, 3.8) is 0 Å². The molecule has 5 heteroatoms. The van der Waals surface area contributed by atoms with E-state index in [0.717, 1.165) is 12.4 Å². The van der Waals surface area contributed by atoms with Gasteiger partial charge in [-0.1, -0.05) is 18.0 Å². The van der Waals surface area contributed by atoms with Gasteiger partial charge in [-0.3, -0.25) is 0 Å². The summed E-state index contributed by atoms with van der Waals surface area (Å²) in [6.07, 6.45) is 5.22. The van der Waals surface area contributed by atoms with Crippen LogP contribution in [0, 0.1) is 6.92 Å². The average Bonchev–Trinajstić information content (AvgIpc) is 2.89. The SMILES string of the molecule is Cc1nc(CNCC2(N(C)C)CCCC2)no1. The van der Waals surface area contributed by atoms with Gasteiger partial charge in [0.05, 0.1) is 6.54 Å². The Morgan fingerprint density at radius 3 is 2.59 bits per heavy atom. The highest BCUT2D eigenvalue weighted by atomic mass is 16.5. The fourth-order valence-electron chi connectivity index (χ4n) is 2.64. The van der Waals surface area contributed by atoms with Crippen molar-refractivity contribution in [2.75, 3.05) is 20.6 Å². The van der Waals surface area contributed by atoms with Crippen molar-refractivity contribution in [2.45, 2.75) is 44.7 Å². The minimum Gasteiger partial charge on any atom is -0.340 e. The Morgan fingerprint density at radius 1 is 1.35 bits per heavy atom. The van der Waals surface area contributed by atoms with Crippen LogP contribution in [0.1, 0.15) is 37.4 Å². The molecule has 0 saturated heterocycles. The molecule has 1 aliphatic carbocycles. The van der Waals surface area contributed by atoms with Gasteiger partial charge in [0.15, 0.2) is 5.82 Å². The lowest BCUT2D eigenvalue weighted by molar-refractivity contribution is 0.153. The minimum absolute atomic E-state index is 0.318. The van der Waals surface area contributed by atoms with E-state index in [1.54, 1.807) is 0 Å². The molecule has 1 fully saturated rings. The molecule has 17 heavy (non-hydrogen) atoms. The number of aryl methyl sites for hydroxylation is 1. The molecule has 96 valence electrons. The fourth-order valence-corrected chi connectivity index (χ4v) is 2.64. The van der Waals surface area contributed by atoms with E-state index in [1.165, 1.54) is 25.7 Å². The van der Waals surface area contributed by atoms with Crippen molar-refractivity contribution < 1.29 is 4.52 Å². The van der Waals surface area contributed by atoms with Crippen LogP contribution in [0.2, 0.25) is 0 Å². The number of hydrogen-bond acceptors (Lipinski definition) is 5. The summed E-state index contributed by atoms with van der Waals surface area (Å²) in [5.41, 5.74) is 0.318. The molecular weight excluding hydrogens is 216 g/mol. The number of nitrogens with zero attached hydrogens (tertiary/aromatic N) is 3. The smallest absolute Gasteiger partial charge is 0.223 e. The lowest BCUT2D eigenvalue weighted by Gasteiger charge is -2.36. The molecule has 0 atom stereocenters. The van der Waals surface area contributed by atoms with E-state index >= 15 is 0 Å². The van der Waals surface area contributed by atoms with Gasteiger partial charge in [-0.15, -0.1) is 0 Å². The Morgan fingerprint density at radius 2 is 2.06 bits per heavy atom. The topological polar surface area (TPSA) is 54.2 Å². The van der Waals surface area contributed by atoms with Gasteiger partial charge in [0, 0.05) is 19.0 Å². The molecule has 1 aromatic heterocycles. The monoisotopic (exact) mass is 238 g/mol. The summed E-state index contributed by atoms with van der Waals surface area (Å²) < 4.78 is 4.95. The Bertz CT molecular complexity index is 355. The fraction of sp³-hybridized carbons (Fsp3) is 0.833. The molecular formula is C12H22N4O. The molecule has 1 saturated carbocycles. The largest absolute Gasteiger partial charge is 0.340 e. The zero-order valence-electron chi connectivity index (χ0n) is 11.0. The van der Waals surface area contributed by atoms with Crippen molar-refractivity contribution in [1.29, 1.82) is 0 Å². The lowest BCUT2D eigenvalue weighted by atomic mass is 9.96. The number of rotatable bonds is 5. The second-order valence-electron chi connectivity index (χ2n) is 5.16. The first-order valence-electron chi connectivity index (χ1n) is 6.30. The van der Waals surface area contributed by atoms with Crippen LogP contribution in [0.15, 0.2) is 4.52 Å². The van der Waals surface area contributed by atoms with Gasteiger partial charge >= 0.3 is 0 Å². The summed E-state index contributed by atoms with van der Waals surface area (Å²) >= 11 is 0. The van der Waals surface area contributed by atoms with Crippen molar-refractivity contribution in [3.8, 4) is 0 Å². The maximum Gasteiger partial charge on any atom is 0.223 e. The number of likely N-dealkylation sites (N-methyl/N-ethyl adjacent to an activating group) is 1. The summed E-state index contributed by atoms with van der Waals surface area (Å²) in [4.78, 5) is 6.54. The van der Waals surface area contributed by atoms with Crippen LogP contribution in [0.5, 0.6) is 0 Å². The van der Waals surface area contributed by atoms with E-state index < -0.39 is 0 Å². The normalized spacial score (nSPS) is 19.1. The maximum atomic E-state index is 4.95. The van der Waals surface area contributed by atoms with Gasteiger partial charge in [-0.2, -0.15) is 4.98 Å². The first-order valence-corrected chi connectivity index (χ1v) is 6.30. The van der Waals surface area contributed by atoms with E-state index in [1.807, 2.05) is 6.92 Å². The van der Waals surface area contributed by atoms with Gasteiger partial charge in [-0.25, -0.2) is 0 Å². The molecule has 0 unspecified atom stereocenters.